The van der Waals surface area contributed by atoms with E-state index in [9.17, 15) is 14.4 Å². The first-order chi connectivity index (χ1) is 15.9. The Hall–Kier alpha value is -3.92. The fourth-order valence-corrected chi connectivity index (χ4v) is 2.64. The summed E-state index contributed by atoms with van der Waals surface area (Å²) >= 11 is 0. The third-order valence-corrected chi connectivity index (χ3v) is 4.36. The molecular weight excluding hydrogens is 428 g/mol. The fourth-order valence-electron chi connectivity index (χ4n) is 2.64. The average Bonchev–Trinajstić information content (AvgIpc) is 2.82. The smallest absolute Gasteiger partial charge is 0.329 e. The van der Waals surface area contributed by atoms with Gasteiger partial charge in [0.05, 0.1) is 13.3 Å². The van der Waals surface area contributed by atoms with Crippen LogP contribution in [0.2, 0.25) is 0 Å². The molecular formula is C23H28N4O6. The molecule has 3 amide bonds. The number of amides is 3. The monoisotopic (exact) mass is 456 g/mol. The molecule has 0 saturated carbocycles. The molecule has 0 bridgehead atoms. The quantitative estimate of drug-likeness (QED) is 0.204. The van der Waals surface area contributed by atoms with Gasteiger partial charge in [0.1, 0.15) is 0 Å². The normalized spacial score (nSPS) is 10.5. The van der Waals surface area contributed by atoms with Gasteiger partial charge in [-0.3, -0.25) is 14.4 Å². The number of hydrazone groups is 1. The molecule has 0 aromatic heterocycles. The predicted octanol–water partition coefficient (Wildman–Crippen LogP) is 1.62. The van der Waals surface area contributed by atoms with E-state index in [-0.39, 0.29) is 12.5 Å². The Morgan fingerprint density at radius 2 is 1.82 bits per heavy atom. The minimum atomic E-state index is -0.879. The zero-order chi connectivity index (χ0) is 24.1. The van der Waals surface area contributed by atoms with Crippen LogP contribution in [0.1, 0.15) is 17.5 Å². The molecule has 10 heteroatoms. The molecule has 0 fully saturated rings. The summed E-state index contributed by atoms with van der Waals surface area (Å²) in [6.07, 6.45) is 1.95. The maximum Gasteiger partial charge on any atom is 0.329 e. The Labute approximate surface area is 192 Å². The molecule has 0 aliphatic carbocycles. The summed E-state index contributed by atoms with van der Waals surface area (Å²) in [5, 5.41) is 9.02. The van der Waals surface area contributed by atoms with Gasteiger partial charge in [0.2, 0.25) is 0 Å². The van der Waals surface area contributed by atoms with Crippen molar-refractivity contribution in [2.45, 2.75) is 13.3 Å². The van der Waals surface area contributed by atoms with Crippen LogP contribution in [-0.2, 0) is 19.1 Å². The molecule has 0 spiro atoms. The molecule has 176 valence electrons. The zero-order valence-electron chi connectivity index (χ0n) is 18.8. The first-order valence-corrected chi connectivity index (χ1v) is 10.2. The van der Waals surface area contributed by atoms with Crippen LogP contribution < -0.4 is 25.5 Å². The van der Waals surface area contributed by atoms with Crippen molar-refractivity contribution in [1.29, 1.82) is 0 Å². The number of aryl methyl sites for hydroxylation is 1. The van der Waals surface area contributed by atoms with Crippen molar-refractivity contribution in [2.24, 2.45) is 5.10 Å². The van der Waals surface area contributed by atoms with Crippen molar-refractivity contribution in [3.63, 3.8) is 0 Å². The summed E-state index contributed by atoms with van der Waals surface area (Å²) < 4.78 is 15.7. The van der Waals surface area contributed by atoms with E-state index in [1.165, 1.54) is 13.3 Å². The number of rotatable bonds is 11. The van der Waals surface area contributed by atoms with E-state index in [1.807, 2.05) is 31.2 Å². The number of nitrogens with one attached hydrogen (secondary N) is 3. The highest BCUT2D eigenvalue weighted by Crippen LogP contribution is 2.27. The SMILES string of the molecule is COCCCNC(=O)C(=O)N/N=C\c1ccc(OCC(=O)Nc2ccccc2C)c(OC)c1. The number of hydrogen-bond acceptors (Lipinski definition) is 7. The Morgan fingerprint density at radius 3 is 2.55 bits per heavy atom. The van der Waals surface area contributed by atoms with Crippen LogP contribution in [0.25, 0.3) is 0 Å². The average molecular weight is 456 g/mol. The molecule has 0 radical (unpaired) electrons. The van der Waals surface area contributed by atoms with E-state index in [2.05, 4.69) is 21.2 Å². The number of methoxy groups -OCH3 is 2. The molecule has 33 heavy (non-hydrogen) atoms. The molecule has 0 aliphatic heterocycles. The van der Waals surface area contributed by atoms with Crippen LogP contribution in [0.3, 0.4) is 0 Å². The second-order valence-electron chi connectivity index (χ2n) is 6.86. The number of carbonyl (C=O) groups excluding carboxylic acids is 3. The summed E-state index contributed by atoms with van der Waals surface area (Å²) in [6, 6.07) is 12.3. The van der Waals surface area contributed by atoms with Crippen molar-refractivity contribution in [2.75, 3.05) is 39.3 Å². The molecule has 0 atom stereocenters. The van der Waals surface area contributed by atoms with Crippen LogP contribution in [0, 0.1) is 6.92 Å². The third kappa shape index (κ3) is 8.62. The Balaban J connectivity index is 1.86. The highest BCUT2D eigenvalue weighted by molar-refractivity contribution is 6.35. The Kier molecular flexibility index (Phi) is 10.4. The van der Waals surface area contributed by atoms with E-state index >= 15 is 0 Å². The van der Waals surface area contributed by atoms with Crippen molar-refractivity contribution in [1.82, 2.24) is 10.7 Å². The van der Waals surface area contributed by atoms with Gasteiger partial charge < -0.3 is 24.8 Å². The number of nitrogens with zero attached hydrogens (tertiary/aromatic N) is 1. The molecule has 3 N–H and O–H groups in total. The molecule has 2 aromatic rings. The molecule has 0 aliphatic rings. The Morgan fingerprint density at radius 1 is 1.03 bits per heavy atom. The number of ether oxygens (including phenoxy) is 3. The predicted molar refractivity (Wildman–Crippen MR) is 124 cm³/mol. The second-order valence-corrected chi connectivity index (χ2v) is 6.86. The highest BCUT2D eigenvalue weighted by Gasteiger charge is 2.12. The van der Waals surface area contributed by atoms with E-state index < -0.39 is 11.8 Å². The van der Waals surface area contributed by atoms with Gasteiger partial charge in [0.25, 0.3) is 5.91 Å². The van der Waals surface area contributed by atoms with Crippen LogP contribution in [0.4, 0.5) is 5.69 Å². The van der Waals surface area contributed by atoms with Crippen molar-refractivity contribution >= 4 is 29.6 Å². The molecule has 0 heterocycles. The van der Waals surface area contributed by atoms with Gasteiger partial charge in [-0.15, -0.1) is 0 Å². The lowest BCUT2D eigenvalue weighted by atomic mass is 10.2. The van der Waals surface area contributed by atoms with Crippen LogP contribution in [0.15, 0.2) is 47.6 Å². The topological polar surface area (TPSA) is 127 Å². The number of anilines is 1. The summed E-state index contributed by atoms with van der Waals surface area (Å²) in [4.78, 5) is 35.6. The maximum absolute atomic E-state index is 12.2. The molecule has 0 unspecified atom stereocenters. The van der Waals surface area contributed by atoms with Gasteiger partial charge in [-0.1, -0.05) is 18.2 Å². The molecule has 2 rings (SSSR count). The molecule has 0 saturated heterocycles. The van der Waals surface area contributed by atoms with Gasteiger partial charge in [-0.05, 0) is 48.7 Å². The van der Waals surface area contributed by atoms with Crippen molar-refractivity contribution in [3.8, 4) is 11.5 Å². The minimum absolute atomic E-state index is 0.201. The summed E-state index contributed by atoms with van der Waals surface area (Å²) in [5.74, 6) is -1.22. The van der Waals surface area contributed by atoms with Crippen LogP contribution in [-0.4, -0.2) is 57.9 Å². The first-order valence-electron chi connectivity index (χ1n) is 10.2. The van der Waals surface area contributed by atoms with Gasteiger partial charge in [-0.2, -0.15) is 5.10 Å². The van der Waals surface area contributed by atoms with Crippen molar-refractivity contribution in [3.05, 3.63) is 53.6 Å². The number of hydrogen-bond donors (Lipinski definition) is 3. The van der Waals surface area contributed by atoms with Crippen molar-refractivity contribution < 1.29 is 28.6 Å². The van der Waals surface area contributed by atoms with Crippen LogP contribution in [0.5, 0.6) is 11.5 Å². The molecule has 2 aromatic carbocycles. The van der Waals surface area contributed by atoms with Gasteiger partial charge in [0.15, 0.2) is 18.1 Å². The third-order valence-electron chi connectivity index (χ3n) is 4.36. The lowest BCUT2D eigenvalue weighted by molar-refractivity contribution is -0.139. The lowest BCUT2D eigenvalue weighted by Gasteiger charge is -2.12. The van der Waals surface area contributed by atoms with Gasteiger partial charge in [0, 0.05) is 25.9 Å². The summed E-state index contributed by atoms with van der Waals surface area (Å²) in [6.45, 7) is 2.51. The Bertz CT molecular complexity index is 993. The lowest BCUT2D eigenvalue weighted by Crippen LogP contribution is -2.38. The van der Waals surface area contributed by atoms with Gasteiger partial charge >= 0.3 is 11.8 Å². The number of para-hydroxylation sites is 1. The fraction of sp³-hybridized carbons (Fsp3) is 0.304. The highest BCUT2D eigenvalue weighted by atomic mass is 16.5. The van der Waals surface area contributed by atoms with E-state index in [1.54, 1.807) is 25.3 Å². The summed E-state index contributed by atoms with van der Waals surface area (Å²) in [5.41, 5.74) is 4.41. The van der Waals surface area contributed by atoms with Gasteiger partial charge in [-0.25, -0.2) is 5.43 Å². The maximum atomic E-state index is 12.2. The minimum Gasteiger partial charge on any atom is -0.493 e. The molecule has 10 nitrogen and oxygen atoms in total. The standard InChI is InChI=1S/C23H28N4O6/c1-16-7-4-5-8-18(16)26-21(28)15-33-19-10-9-17(13-20(19)32-3)14-25-27-23(30)22(29)24-11-6-12-31-2/h4-5,7-10,13-14H,6,11-12,15H2,1-3H3,(H,24,29)(H,26,28)(H,27,30)/b25-14-. The number of carbonyl (C=O) groups is 3. The van der Waals surface area contributed by atoms with E-state index in [0.717, 1.165) is 11.3 Å². The largest absolute Gasteiger partial charge is 0.493 e. The van der Waals surface area contributed by atoms with E-state index in [4.69, 9.17) is 14.2 Å². The first kappa shape index (κ1) is 25.3. The number of benzene rings is 2. The van der Waals surface area contributed by atoms with Crippen LogP contribution >= 0.6 is 0 Å². The summed E-state index contributed by atoms with van der Waals surface area (Å²) in [7, 11) is 3.02. The zero-order valence-corrected chi connectivity index (χ0v) is 18.8. The second kappa shape index (κ2) is 13.5. The van der Waals surface area contributed by atoms with E-state index in [0.29, 0.717) is 36.6 Å².